The van der Waals surface area contributed by atoms with Crippen LogP contribution in [0.3, 0.4) is 0 Å². The third-order valence-corrected chi connectivity index (χ3v) is 5.94. The van der Waals surface area contributed by atoms with Gasteiger partial charge in [0.1, 0.15) is 17.2 Å². The van der Waals surface area contributed by atoms with Crippen LogP contribution in [-0.4, -0.2) is 47.7 Å². The van der Waals surface area contributed by atoms with E-state index in [2.05, 4.69) is 15.0 Å². The first-order chi connectivity index (χ1) is 16.6. The highest BCUT2D eigenvalue weighted by molar-refractivity contribution is 5.99. The van der Waals surface area contributed by atoms with Crippen molar-refractivity contribution in [1.29, 1.82) is 0 Å². The van der Waals surface area contributed by atoms with Gasteiger partial charge in [-0.25, -0.2) is 15.0 Å². The molecule has 0 atom stereocenters. The fourth-order valence-electron chi connectivity index (χ4n) is 4.19. The van der Waals surface area contributed by atoms with Crippen LogP contribution >= 0.6 is 0 Å². The Morgan fingerprint density at radius 3 is 2.60 bits per heavy atom. The second-order valence-electron chi connectivity index (χ2n) is 8.25. The summed E-state index contributed by atoms with van der Waals surface area (Å²) in [6, 6.07) is 6.97. The number of carbonyl (C=O) groups is 2. The Hall–Kier alpha value is -4.22. The van der Waals surface area contributed by atoms with Gasteiger partial charge in [0.25, 0.3) is 5.91 Å². The van der Waals surface area contributed by atoms with Crippen molar-refractivity contribution < 1.29 is 22.8 Å². The van der Waals surface area contributed by atoms with Crippen LogP contribution in [0.5, 0.6) is 0 Å². The number of amides is 2. The number of nitrogens with zero attached hydrogens (tertiary/aromatic N) is 6. The molecule has 12 heteroatoms. The molecule has 4 aromatic rings. The Bertz CT molecular complexity index is 1460. The zero-order chi connectivity index (χ0) is 24.9. The number of fused-ring (bicyclic) bond motifs is 3. The molecule has 3 aromatic heterocycles. The molecule has 0 radical (unpaired) electrons. The molecule has 0 saturated carbocycles. The van der Waals surface area contributed by atoms with Gasteiger partial charge in [-0.3, -0.25) is 24.0 Å². The lowest BCUT2D eigenvalue weighted by Gasteiger charge is -2.31. The number of alkyl halides is 3. The largest absolute Gasteiger partial charge is 0.417 e. The van der Waals surface area contributed by atoms with Crippen LogP contribution in [-0.2, 0) is 17.5 Å². The molecule has 1 fully saturated rings. The first kappa shape index (κ1) is 22.6. The minimum atomic E-state index is -4.52. The fourth-order valence-corrected chi connectivity index (χ4v) is 4.19. The van der Waals surface area contributed by atoms with Gasteiger partial charge in [0.2, 0.25) is 5.91 Å². The summed E-state index contributed by atoms with van der Waals surface area (Å²) in [5.74, 6) is 0.221. The lowest BCUT2D eigenvalue weighted by atomic mass is 10.1. The Morgan fingerprint density at radius 2 is 1.94 bits per heavy atom. The maximum atomic E-state index is 13.6. The number of benzene rings is 1. The lowest BCUT2D eigenvalue weighted by molar-refractivity contribution is -0.140. The fraction of sp³-hybridized carbons (Fsp3) is 0.261. The van der Waals surface area contributed by atoms with E-state index in [1.165, 1.54) is 16.1 Å². The number of anilines is 1. The molecular formula is C23H20F3N7O2. The average molecular weight is 483 g/mol. The summed E-state index contributed by atoms with van der Waals surface area (Å²) in [5, 5.41) is 2.56. The molecule has 1 aliphatic rings. The minimum Gasteiger partial charge on any atom is -0.382 e. The molecule has 5 rings (SSSR count). The SMILES string of the molecule is Cc1ncc2c(N)nc3ccc(C(=O)N(Cc4ccc(C(F)(F)F)cn4)N4CCCC4=O)cc3n12. The van der Waals surface area contributed by atoms with Crippen LogP contribution in [0.4, 0.5) is 19.0 Å². The van der Waals surface area contributed by atoms with E-state index in [0.717, 1.165) is 6.07 Å². The highest BCUT2D eigenvalue weighted by atomic mass is 19.4. The number of rotatable bonds is 4. The van der Waals surface area contributed by atoms with Crippen LogP contribution in [0.2, 0.25) is 0 Å². The van der Waals surface area contributed by atoms with E-state index >= 15 is 0 Å². The molecule has 35 heavy (non-hydrogen) atoms. The first-order valence-electron chi connectivity index (χ1n) is 10.8. The molecular weight excluding hydrogens is 463 g/mol. The quantitative estimate of drug-likeness (QED) is 0.477. The number of hydrogen-bond donors (Lipinski definition) is 1. The number of aryl methyl sites for hydroxylation is 1. The summed E-state index contributed by atoms with van der Waals surface area (Å²) in [6.07, 6.45) is -1.37. The van der Waals surface area contributed by atoms with Crippen LogP contribution < -0.4 is 5.73 Å². The third kappa shape index (κ3) is 4.00. The Morgan fingerprint density at radius 1 is 1.14 bits per heavy atom. The van der Waals surface area contributed by atoms with Gasteiger partial charge in [-0.05, 0) is 43.7 Å². The molecule has 4 heterocycles. The van der Waals surface area contributed by atoms with E-state index in [1.807, 2.05) is 0 Å². The number of carbonyl (C=O) groups excluding carboxylic acids is 2. The van der Waals surface area contributed by atoms with Crippen molar-refractivity contribution in [2.24, 2.45) is 0 Å². The van der Waals surface area contributed by atoms with Gasteiger partial charge in [-0.2, -0.15) is 13.2 Å². The Balaban J connectivity index is 1.54. The number of nitrogen functional groups attached to an aromatic ring is 1. The van der Waals surface area contributed by atoms with Crippen LogP contribution in [0.1, 0.15) is 40.3 Å². The normalized spacial score (nSPS) is 14.3. The maximum absolute atomic E-state index is 13.6. The molecule has 2 amide bonds. The van der Waals surface area contributed by atoms with Crippen LogP contribution in [0.25, 0.3) is 16.6 Å². The van der Waals surface area contributed by atoms with Crippen molar-refractivity contribution in [1.82, 2.24) is 29.4 Å². The summed E-state index contributed by atoms with van der Waals surface area (Å²) in [4.78, 5) is 38.6. The number of hydrazine groups is 1. The Labute approximate surface area is 197 Å². The van der Waals surface area contributed by atoms with Crippen molar-refractivity contribution in [2.75, 3.05) is 12.3 Å². The molecule has 180 valence electrons. The lowest BCUT2D eigenvalue weighted by Crippen LogP contribution is -2.46. The molecule has 0 spiro atoms. The molecule has 2 N–H and O–H groups in total. The van der Waals surface area contributed by atoms with E-state index in [4.69, 9.17) is 5.73 Å². The minimum absolute atomic E-state index is 0.166. The van der Waals surface area contributed by atoms with Crippen molar-refractivity contribution in [3.05, 3.63) is 65.4 Å². The second kappa shape index (κ2) is 8.22. The molecule has 0 aliphatic carbocycles. The van der Waals surface area contributed by atoms with Gasteiger partial charge in [0.15, 0.2) is 0 Å². The van der Waals surface area contributed by atoms with Crippen molar-refractivity contribution >= 4 is 34.2 Å². The van der Waals surface area contributed by atoms with Gasteiger partial charge >= 0.3 is 6.18 Å². The molecule has 1 aliphatic heterocycles. The van der Waals surface area contributed by atoms with Crippen molar-refractivity contribution in [3.63, 3.8) is 0 Å². The number of pyridine rings is 1. The standard InChI is InChI=1S/C23H20F3N7O2/c1-13-28-11-19-21(27)30-17-7-4-14(9-18(17)33(13)19)22(35)32(31-8-2-3-20(31)34)12-16-6-5-15(10-29-16)23(24,25)26/h4-7,9-11H,2-3,8,12H2,1H3,(H2,27,30). The van der Waals surface area contributed by atoms with Crippen LogP contribution in [0, 0.1) is 6.92 Å². The van der Waals surface area contributed by atoms with E-state index in [-0.39, 0.29) is 30.1 Å². The van der Waals surface area contributed by atoms with Gasteiger partial charge in [-0.15, -0.1) is 0 Å². The third-order valence-electron chi connectivity index (χ3n) is 5.94. The highest BCUT2D eigenvalue weighted by Crippen LogP contribution is 2.29. The van der Waals surface area contributed by atoms with Gasteiger partial charge < -0.3 is 5.73 Å². The maximum Gasteiger partial charge on any atom is 0.417 e. The van der Waals surface area contributed by atoms with Gasteiger partial charge in [0.05, 0.1) is 35.0 Å². The molecule has 0 bridgehead atoms. The molecule has 0 unspecified atom stereocenters. The first-order valence-corrected chi connectivity index (χ1v) is 10.8. The summed E-state index contributed by atoms with van der Waals surface area (Å²) >= 11 is 0. The average Bonchev–Trinajstić information content (AvgIpc) is 3.43. The van der Waals surface area contributed by atoms with E-state index in [0.29, 0.717) is 47.4 Å². The highest BCUT2D eigenvalue weighted by Gasteiger charge is 2.33. The summed E-state index contributed by atoms with van der Waals surface area (Å²) in [7, 11) is 0. The zero-order valence-electron chi connectivity index (χ0n) is 18.6. The number of imidazole rings is 1. The van der Waals surface area contributed by atoms with E-state index in [1.54, 1.807) is 35.7 Å². The molecule has 1 aromatic carbocycles. The number of halogens is 3. The monoisotopic (exact) mass is 483 g/mol. The molecule has 1 saturated heterocycles. The Kier molecular flexibility index (Phi) is 5.30. The van der Waals surface area contributed by atoms with E-state index < -0.39 is 17.6 Å². The van der Waals surface area contributed by atoms with Gasteiger partial charge in [-0.1, -0.05) is 0 Å². The predicted molar refractivity (Wildman–Crippen MR) is 120 cm³/mol. The van der Waals surface area contributed by atoms with Gasteiger partial charge in [0, 0.05) is 24.7 Å². The second-order valence-corrected chi connectivity index (χ2v) is 8.25. The zero-order valence-corrected chi connectivity index (χ0v) is 18.6. The predicted octanol–water partition coefficient (Wildman–Crippen LogP) is 3.37. The van der Waals surface area contributed by atoms with E-state index in [9.17, 15) is 22.8 Å². The van der Waals surface area contributed by atoms with Crippen molar-refractivity contribution in [2.45, 2.75) is 32.5 Å². The van der Waals surface area contributed by atoms with Crippen molar-refractivity contribution in [3.8, 4) is 0 Å². The number of nitrogens with two attached hydrogens (primary N) is 1. The topological polar surface area (TPSA) is 110 Å². The number of aromatic nitrogens is 4. The molecule has 9 nitrogen and oxygen atoms in total. The van der Waals surface area contributed by atoms with Crippen LogP contribution in [0.15, 0.2) is 42.7 Å². The smallest absolute Gasteiger partial charge is 0.382 e. The summed E-state index contributed by atoms with van der Waals surface area (Å²) in [5.41, 5.74) is 7.39. The number of hydrogen-bond acceptors (Lipinski definition) is 6. The summed E-state index contributed by atoms with van der Waals surface area (Å²) in [6.45, 7) is 1.95. The summed E-state index contributed by atoms with van der Waals surface area (Å²) < 4.78 is 40.6.